The van der Waals surface area contributed by atoms with Gasteiger partial charge in [0.2, 0.25) is 5.91 Å². The van der Waals surface area contributed by atoms with Crippen LogP contribution in [0.15, 0.2) is 30.5 Å². The fourth-order valence-electron chi connectivity index (χ4n) is 3.20. The van der Waals surface area contributed by atoms with E-state index < -0.39 is 0 Å². The van der Waals surface area contributed by atoms with E-state index in [1.165, 1.54) is 10.9 Å². The molecule has 4 nitrogen and oxygen atoms in total. The SMILES string of the molecule is CC1CCN(C(=O)CCCc2c[nH]c3ccccc23)CC1O. The zero-order chi connectivity index (χ0) is 15.5. The summed E-state index contributed by atoms with van der Waals surface area (Å²) in [7, 11) is 0. The molecular weight excluding hydrogens is 276 g/mol. The van der Waals surface area contributed by atoms with Crippen molar-refractivity contribution in [3.8, 4) is 0 Å². The van der Waals surface area contributed by atoms with Gasteiger partial charge >= 0.3 is 0 Å². The molecule has 1 aliphatic rings. The number of nitrogens with zero attached hydrogens (tertiary/aromatic N) is 1. The Kier molecular flexibility index (Phi) is 4.48. The molecule has 2 unspecified atom stereocenters. The molecule has 1 aromatic carbocycles. The van der Waals surface area contributed by atoms with E-state index in [0.29, 0.717) is 18.9 Å². The van der Waals surface area contributed by atoms with E-state index >= 15 is 0 Å². The van der Waals surface area contributed by atoms with Gasteiger partial charge < -0.3 is 15.0 Å². The summed E-state index contributed by atoms with van der Waals surface area (Å²) in [5, 5.41) is 11.1. The second kappa shape index (κ2) is 6.53. The Morgan fingerprint density at radius 3 is 3.05 bits per heavy atom. The van der Waals surface area contributed by atoms with Gasteiger partial charge in [-0.1, -0.05) is 25.1 Å². The van der Waals surface area contributed by atoms with Crippen molar-refractivity contribution in [3.63, 3.8) is 0 Å². The summed E-state index contributed by atoms with van der Waals surface area (Å²) in [5.41, 5.74) is 2.42. The molecular formula is C18H24N2O2. The highest BCUT2D eigenvalue weighted by Crippen LogP contribution is 2.21. The third kappa shape index (κ3) is 3.17. The Morgan fingerprint density at radius 2 is 2.23 bits per heavy atom. The number of benzene rings is 1. The van der Waals surface area contributed by atoms with Gasteiger partial charge in [-0.2, -0.15) is 0 Å². The second-order valence-electron chi connectivity index (χ2n) is 6.39. The molecule has 0 aliphatic carbocycles. The van der Waals surface area contributed by atoms with Gasteiger partial charge in [-0.15, -0.1) is 0 Å². The van der Waals surface area contributed by atoms with Crippen molar-refractivity contribution in [3.05, 3.63) is 36.0 Å². The van der Waals surface area contributed by atoms with Gasteiger partial charge in [0.05, 0.1) is 6.10 Å². The number of aryl methyl sites for hydroxylation is 1. The van der Waals surface area contributed by atoms with Crippen molar-refractivity contribution in [2.75, 3.05) is 13.1 Å². The number of amides is 1. The number of aromatic amines is 1. The number of aliphatic hydroxyl groups excluding tert-OH is 1. The van der Waals surface area contributed by atoms with Crippen LogP contribution in [0, 0.1) is 5.92 Å². The van der Waals surface area contributed by atoms with Gasteiger partial charge in [0.25, 0.3) is 0 Å². The number of carbonyl (C=O) groups is 1. The first-order valence-electron chi connectivity index (χ1n) is 8.16. The molecule has 0 spiro atoms. The highest BCUT2D eigenvalue weighted by Gasteiger charge is 2.26. The molecule has 2 atom stereocenters. The van der Waals surface area contributed by atoms with Crippen LogP contribution in [0.4, 0.5) is 0 Å². The number of aromatic nitrogens is 1. The number of β-amino-alcohol motifs (C(OH)–C–C–N with tert-alkyl or cyclic N) is 1. The summed E-state index contributed by atoms with van der Waals surface area (Å²) in [6.07, 6.45) is 4.88. The van der Waals surface area contributed by atoms with Gasteiger partial charge in [-0.25, -0.2) is 0 Å². The van der Waals surface area contributed by atoms with Crippen molar-refractivity contribution in [1.82, 2.24) is 9.88 Å². The Bertz CT molecular complexity index is 649. The van der Waals surface area contributed by atoms with Crippen molar-refractivity contribution in [2.45, 2.75) is 38.7 Å². The van der Waals surface area contributed by atoms with Crippen LogP contribution < -0.4 is 0 Å². The maximum Gasteiger partial charge on any atom is 0.222 e. The minimum atomic E-state index is -0.369. The van der Waals surface area contributed by atoms with Crippen molar-refractivity contribution < 1.29 is 9.90 Å². The topological polar surface area (TPSA) is 56.3 Å². The number of rotatable bonds is 4. The van der Waals surface area contributed by atoms with Crippen LogP contribution >= 0.6 is 0 Å². The number of fused-ring (bicyclic) bond motifs is 1. The lowest BCUT2D eigenvalue weighted by molar-refractivity contribution is -0.135. The quantitative estimate of drug-likeness (QED) is 0.912. The zero-order valence-corrected chi connectivity index (χ0v) is 13.1. The summed E-state index contributed by atoms with van der Waals surface area (Å²) < 4.78 is 0. The zero-order valence-electron chi connectivity index (χ0n) is 13.1. The second-order valence-corrected chi connectivity index (χ2v) is 6.39. The molecule has 0 saturated carbocycles. The summed E-state index contributed by atoms with van der Waals surface area (Å²) in [4.78, 5) is 17.3. The number of nitrogens with one attached hydrogen (secondary N) is 1. The maximum absolute atomic E-state index is 12.2. The maximum atomic E-state index is 12.2. The number of hydrogen-bond acceptors (Lipinski definition) is 2. The molecule has 2 N–H and O–H groups in total. The van der Waals surface area contributed by atoms with Crippen LogP contribution in [0.3, 0.4) is 0 Å². The van der Waals surface area contributed by atoms with Gasteiger partial charge in [-0.05, 0) is 36.8 Å². The van der Waals surface area contributed by atoms with Gasteiger partial charge in [0.15, 0.2) is 0 Å². The minimum absolute atomic E-state index is 0.172. The average molecular weight is 300 g/mol. The molecule has 1 fully saturated rings. The van der Waals surface area contributed by atoms with Crippen LogP contribution in [0.25, 0.3) is 10.9 Å². The number of aliphatic hydroxyl groups is 1. The van der Waals surface area contributed by atoms with Crippen molar-refractivity contribution in [1.29, 1.82) is 0 Å². The van der Waals surface area contributed by atoms with Crippen LogP contribution in [-0.2, 0) is 11.2 Å². The summed E-state index contributed by atoms with van der Waals surface area (Å²) in [6, 6.07) is 8.25. The van der Waals surface area contributed by atoms with Crippen molar-refractivity contribution in [2.24, 2.45) is 5.92 Å². The van der Waals surface area contributed by atoms with Crippen LogP contribution in [0.2, 0.25) is 0 Å². The molecule has 2 aromatic rings. The Labute approximate surface area is 131 Å². The predicted octanol–water partition coefficient (Wildman–Crippen LogP) is 2.72. The Balaban J connectivity index is 1.51. The molecule has 1 aromatic heterocycles. The van der Waals surface area contributed by atoms with E-state index in [9.17, 15) is 9.90 Å². The van der Waals surface area contributed by atoms with Crippen molar-refractivity contribution >= 4 is 16.8 Å². The number of likely N-dealkylation sites (tertiary alicyclic amines) is 1. The number of hydrogen-bond donors (Lipinski definition) is 2. The van der Waals surface area contributed by atoms with E-state index in [1.54, 1.807) is 0 Å². The van der Waals surface area contributed by atoms with Crippen LogP contribution in [-0.4, -0.2) is 40.1 Å². The van der Waals surface area contributed by atoms with Gasteiger partial charge in [0.1, 0.15) is 0 Å². The van der Waals surface area contributed by atoms with E-state index in [1.807, 2.05) is 30.2 Å². The first-order valence-corrected chi connectivity index (χ1v) is 8.16. The highest BCUT2D eigenvalue weighted by atomic mass is 16.3. The lowest BCUT2D eigenvalue weighted by Gasteiger charge is -2.34. The predicted molar refractivity (Wildman–Crippen MR) is 87.6 cm³/mol. The van der Waals surface area contributed by atoms with E-state index in [2.05, 4.69) is 17.1 Å². The summed E-state index contributed by atoms with van der Waals surface area (Å²) >= 11 is 0. The largest absolute Gasteiger partial charge is 0.391 e. The third-order valence-electron chi connectivity index (χ3n) is 4.78. The first-order chi connectivity index (χ1) is 10.6. The molecule has 118 valence electrons. The molecule has 0 radical (unpaired) electrons. The Hall–Kier alpha value is -1.81. The van der Waals surface area contributed by atoms with E-state index in [0.717, 1.165) is 31.3 Å². The fourth-order valence-corrected chi connectivity index (χ4v) is 3.20. The average Bonchev–Trinajstić information content (AvgIpc) is 2.93. The van der Waals surface area contributed by atoms with Gasteiger partial charge in [-0.3, -0.25) is 4.79 Å². The first kappa shape index (κ1) is 15.1. The lowest BCUT2D eigenvalue weighted by atomic mass is 9.95. The molecule has 22 heavy (non-hydrogen) atoms. The molecule has 1 aliphatic heterocycles. The molecule has 0 bridgehead atoms. The van der Waals surface area contributed by atoms with Crippen LogP contribution in [0.5, 0.6) is 0 Å². The molecule has 1 saturated heterocycles. The molecule has 1 amide bonds. The highest BCUT2D eigenvalue weighted by molar-refractivity contribution is 5.83. The molecule has 4 heteroatoms. The number of piperidine rings is 1. The molecule has 2 heterocycles. The number of carbonyl (C=O) groups excluding carboxylic acids is 1. The fraction of sp³-hybridized carbons (Fsp3) is 0.500. The smallest absolute Gasteiger partial charge is 0.222 e. The van der Waals surface area contributed by atoms with E-state index in [-0.39, 0.29) is 12.0 Å². The third-order valence-corrected chi connectivity index (χ3v) is 4.78. The summed E-state index contributed by atoms with van der Waals surface area (Å²) in [5.74, 6) is 0.473. The number of para-hydroxylation sites is 1. The Morgan fingerprint density at radius 1 is 1.41 bits per heavy atom. The molecule has 3 rings (SSSR count). The summed E-state index contributed by atoms with van der Waals surface area (Å²) in [6.45, 7) is 3.32. The van der Waals surface area contributed by atoms with Gasteiger partial charge in [0, 0.05) is 36.6 Å². The normalized spacial score (nSPS) is 22.2. The minimum Gasteiger partial charge on any atom is -0.391 e. The van der Waals surface area contributed by atoms with E-state index in [4.69, 9.17) is 0 Å². The van der Waals surface area contributed by atoms with Crippen LogP contribution in [0.1, 0.15) is 31.7 Å². The number of H-pyrrole nitrogens is 1. The monoisotopic (exact) mass is 300 g/mol. The standard InChI is InChI=1S/C18H24N2O2/c1-13-9-10-20(12-17(13)21)18(22)8-4-5-14-11-19-16-7-3-2-6-15(14)16/h2-3,6-7,11,13,17,19,21H,4-5,8-10,12H2,1H3. The lowest BCUT2D eigenvalue weighted by Crippen LogP contribution is -2.45.